The largest absolute Gasteiger partial charge is 0.573 e. The van der Waals surface area contributed by atoms with Crippen LogP contribution >= 0.6 is 11.6 Å². The number of anilines is 1. The molecule has 34 heavy (non-hydrogen) atoms. The Labute approximate surface area is 198 Å². The van der Waals surface area contributed by atoms with Crippen molar-refractivity contribution in [3.8, 4) is 5.75 Å². The third-order valence-corrected chi connectivity index (χ3v) is 6.03. The number of urea groups is 1. The number of morpholine rings is 1. The highest BCUT2D eigenvalue weighted by atomic mass is 35.5. The second kappa shape index (κ2) is 9.67. The van der Waals surface area contributed by atoms with Crippen molar-refractivity contribution in [3.05, 3.63) is 53.3 Å². The van der Waals surface area contributed by atoms with Crippen LogP contribution in [0.1, 0.15) is 23.2 Å². The maximum absolute atomic E-state index is 12.8. The number of pyridine rings is 1. The number of carbonyl (C=O) groups is 2. The van der Waals surface area contributed by atoms with Crippen molar-refractivity contribution >= 4 is 29.2 Å². The van der Waals surface area contributed by atoms with Gasteiger partial charge in [-0.25, -0.2) is 9.78 Å². The Morgan fingerprint density at radius 3 is 2.38 bits per heavy atom. The lowest BCUT2D eigenvalue weighted by Gasteiger charge is -2.47. The number of ether oxygens (including phenoxy) is 2. The predicted octanol–water partition coefficient (Wildman–Crippen LogP) is 4.17. The molecule has 8 nitrogen and oxygen atoms in total. The predicted molar refractivity (Wildman–Crippen MR) is 117 cm³/mol. The third kappa shape index (κ3) is 5.89. The van der Waals surface area contributed by atoms with Crippen molar-refractivity contribution in [1.82, 2.24) is 14.8 Å². The van der Waals surface area contributed by atoms with Gasteiger partial charge in [0, 0.05) is 31.5 Å². The number of carbonyl (C=O) groups excluding carboxylic acids is 2. The fraction of sp³-hybridized carbons (Fsp3) is 0.409. The van der Waals surface area contributed by atoms with E-state index in [1.165, 1.54) is 18.3 Å². The second-order valence-corrected chi connectivity index (χ2v) is 8.50. The van der Waals surface area contributed by atoms with E-state index in [9.17, 15) is 22.8 Å². The zero-order valence-electron chi connectivity index (χ0n) is 18.0. The molecule has 3 amide bonds. The first-order valence-electron chi connectivity index (χ1n) is 10.6. The fourth-order valence-corrected chi connectivity index (χ4v) is 4.18. The van der Waals surface area contributed by atoms with Crippen LogP contribution in [0.3, 0.4) is 0 Å². The van der Waals surface area contributed by atoms with Crippen molar-refractivity contribution in [2.75, 3.05) is 38.1 Å². The molecule has 0 saturated carbocycles. The molecule has 4 rings (SSSR count). The number of halogens is 4. The Morgan fingerprint density at radius 2 is 1.76 bits per heavy atom. The van der Waals surface area contributed by atoms with Crippen LogP contribution in [-0.2, 0) is 4.74 Å². The zero-order chi connectivity index (χ0) is 24.3. The van der Waals surface area contributed by atoms with Gasteiger partial charge >= 0.3 is 12.4 Å². The number of nitrogens with zero attached hydrogens (tertiary/aromatic N) is 3. The Morgan fingerprint density at radius 1 is 1.06 bits per heavy atom. The summed E-state index contributed by atoms with van der Waals surface area (Å²) in [5, 5.41) is 3.00. The Balaban J connectivity index is 1.32. The third-order valence-electron chi connectivity index (χ3n) is 5.81. The normalized spacial score (nSPS) is 18.0. The Kier molecular flexibility index (Phi) is 6.85. The van der Waals surface area contributed by atoms with E-state index >= 15 is 0 Å². The number of hydrogen-bond donors (Lipinski definition) is 1. The summed E-state index contributed by atoms with van der Waals surface area (Å²) in [6.07, 6.45) is -2.21. The molecular formula is C22H22ClF3N4O4. The number of aromatic nitrogens is 1. The minimum Gasteiger partial charge on any atom is -0.406 e. The first-order valence-corrected chi connectivity index (χ1v) is 11.0. The van der Waals surface area contributed by atoms with Crippen molar-refractivity contribution in [2.45, 2.75) is 24.8 Å². The molecule has 1 aromatic heterocycles. The lowest BCUT2D eigenvalue weighted by molar-refractivity contribution is -0.274. The van der Waals surface area contributed by atoms with E-state index in [0.29, 0.717) is 62.0 Å². The summed E-state index contributed by atoms with van der Waals surface area (Å²) < 4.78 is 46.8. The van der Waals surface area contributed by atoms with Crippen molar-refractivity contribution in [3.63, 3.8) is 0 Å². The summed E-state index contributed by atoms with van der Waals surface area (Å²) in [5.74, 6) is -0.506. The molecule has 182 valence electrons. The van der Waals surface area contributed by atoms with E-state index in [2.05, 4.69) is 15.0 Å². The molecule has 2 aromatic rings. The van der Waals surface area contributed by atoms with Gasteiger partial charge in [-0.15, -0.1) is 13.2 Å². The molecule has 12 heteroatoms. The van der Waals surface area contributed by atoms with E-state index < -0.39 is 12.0 Å². The molecule has 3 heterocycles. The molecule has 0 radical (unpaired) electrons. The summed E-state index contributed by atoms with van der Waals surface area (Å²) in [7, 11) is 0. The number of nitrogens with one attached hydrogen (secondary N) is 1. The highest BCUT2D eigenvalue weighted by Crippen LogP contribution is 2.31. The molecule has 2 aliphatic rings. The number of piperidine rings is 1. The van der Waals surface area contributed by atoms with E-state index in [4.69, 9.17) is 16.3 Å². The molecule has 2 aliphatic heterocycles. The smallest absolute Gasteiger partial charge is 0.406 e. The van der Waals surface area contributed by atoms with Gasteiger partial charge in [0.1, 0.15) is 10.9 Å². The number of rotatable bonds is 3. The van der Waals surface area contributed by atoms with Crippen LogP contribution in [0.4, 0.5) is 23.7 Å². The summed E-state index contributed by atoms with van der Waals surface area (Å²) in [5.41, 5.74) is 0.240. The topological polar surface area (TPSA) is 84.0 Å². The van der Waals surface area contributed by atoms with Gasteiger partial charge in [-0.1, -0.05) is 11.6 Å². The van der Waals surface area contributed by atoms with Crippen LogP contribution in [0.5, 0.6) is 5.75 Å². The first-order chi connectivity index (χ1) is 16.1. The Hall–Kier alpha value is -3.05. The van der Waals surface area contributed by atoms with E-state index in [-0.39, 0.29) is 17.7 Å². The number of amides is 3. The quantitative estimate of drug-likeness (QED) is 0.642. The van der Waals surface area contributed by atoms with Gasteiger partial charge in [0.25, 0.3) is 5.91 Å². The van der Waals surface area contributed by atoms with Crippen molar-refractivity contribution in [1.29, 1.82) is 0 Å². The Bertz CT molecular complexity index is 1030. The first kappa shape index (κ1) is 24.1. The molecule has 0 atom stereocenters. The maximum atomic E-state index is 12.8. The highest BCUT2D eigenvalue weighted by Gasteiger charge is 2.42. The van der Waals surface area contributed by atoms with Crippen molar-refractivity contribution in [2.24, 2.45) is 0 Å². The maximum Gasteiger partial charge on any atom is 0.573 e. The number of benzene rings is 1. The molecule has 1 aromatic carbocycles. The summed E-state index contributed by atoms with van der Waals surface area (Å²) >= 11 is 5.78. The molecule has 0 bridgehead atoms. The molecule has 2 fully saturated rings. The van der Waals surface area contributed by atoms with E-state index in [1.807, 2.05) is 0 Å². The van der Waals surface area contributed by atoms with E-state index in [1.54, 1.807) is 21.9 Å². The fourth-order valence-electron chi connectivity index (χ4n) is 4.07. The van der Waals surface area contributed by atoms with Crippen LogP contribution in [-0.4, -0.2) is 71.5 Å². The molecule has 1 N–H and O–H groups in total. The van der Waals surface area contributed by atoms with E-state index in [0.717, 1.165) is 12.1 Å². The standard InChI is InChI=1S/C22H22ClF3N4O4/c23-18-6-1-15(13-27-18)19(31)29-9-7-21(8-10-29)14-30(11-12-33-21)20(32)28-16-2-4-17(5-3-16)34-22(24,25)26/h1-6,13H,7-12,14H2,(H,28,32). The van der Waals surface area contributed by atoms with Gasteiger partial charge in [-0.2, -0.15) is 0 Å². The minimum absolute atomic E-state index is 0.137. The summed E-state index contributed by atoms with van der Waals surface area (Å²) in [4.78, 5) is 32.8. The number of likely N-dealkylation sites (tertiary alicyclic amines) is 1. The van der Waals surface area contributed by atoms with Crippen LogP contribution < -0.4 is 10.1 Å². The second-order valence-electron chi connectivity index (χ2n) is 8.12. The minimum atomic E-state index is -4.78. The molecule has 0 aliphatic carbocycles. The molecular weight excluding hydrogens is 477 g/mol. The lowest BCUT2D eigenvalue weighted by Crippen LogP contribution is -2.59. The van der Waals surface area contributed by atoms with Gasteiger partial charge in [0.15, 0.2) is 0 Å². The van der Waals surface area contributed by atoms with Crippen LogP contribution in [0.2, 0.25) is 5.15 Å². The summed E-state index contributed by atoms with van der Waals surface area (Å²) in [6.45, 7) is 2.01. The van der Waals surface area contributed by atoms with Gasteiger partial charge < -0.3 is 24.6 Å². The lowest BCUT2D eigenvalue weighted by atomic mass is 9.89. The average molecular weight is 499 g/mol. The number of alkyl halides is 3. The SMILES string of the molecule is O=C(Nc1ccc(OC(F)(F)F)cc1)N1CCOC2(CCN(C(=O)c3ccc(Cl)nc3)CC2)C1. The van der Waals surface area contributed by atoms with Crippen LogP contribution in [0.25, 0.3) is 0 Å². The van der Waals surface area contributed by atoms with Gasteiger partial charge in [-0.05, 0) is 49.2 Å². The van der Waals surface area contributed by atoms with Gasteiger partial charge in [0.2, 0.25) is 0 Å². The van der Waals surface area contributed by atoms with Crippen LogP contribution in [0.15, 0.2) is 42.6 Å². The molecule has 2 saturated heterocycles. The number of hydrogen-bond acceptors (Lipinski definition) is 5. The van der Waals surface area contributed by atoms with Gasteiger partial charge in [-0.3, -0.25) is 4.79 Å². The summed E-state index contributed by atoms with van der Waals surface area (Å²) in [6, 6.07) is 7.76. The van der Waals surface area contributed by atoms with Crippen LogP contribution in [0, 0.1) is 0 Å². The molecule has 0 unspecified atom stereocenters. The van der Waals surface area contributed by atoms with Crippen molar-refractivity contribution < 1.29 is 32.2 Å². The average Bonchev–Trinajstić information content (AvgIpc) is 2.80. The highest BCUT2D eigenvalue weighted by molar-refractivity contribution is 6.29. The molecule has 1 spiro atoms. The zero-order valence-corrected chi connectivity index (χ0v) is 18.7. The monoisotopic (exact) mass is 498 g/mol. The van der Waals surface area contributed by atoms with Gasteiger partial charge in [0.05, 0.1) is 24.3 Å².